The molecule has 6 heteroatoms. The summed E-state index contributed by atoms with van der Waals surface area (Å²) >= 11 is 3.40. The molecule has 0 fully saturated rings. The molecule has 16 heavy (non-hydrogen) atoms. The molecular formula is C10H9BrN4O. The van der Waals surface area contributed by atoms with Crippen LogP contribution < -0.4 is 4.74 Å². The maximum absolute atomic E-state index is 5.14. The minimum absolute atomic E-state index is 0.494. The molecule has 82 valence electrons. The number of benzene rings is 1. The lowest BCUT2D eigenvalue weighted by Crippen LogP contribution is -1.98. The minimum Gasteiger partial charge on any atom is -0.496 e. The molecule has 1 aromatic heterocycles. The third-order valence-corrected chi connectivity index (χ3v) is 2.61. The second kappa shape index (κ2) is 4.52. The van der Waals surface area contributed by atoms with E-state index in [4.69, 9.17) is 4.74 Å². The van der Waals surface area contributed by atoms with Crippen LogP contribution in [0, 0.1) is 6.92 Å². The highest BCUT2D eigenvalue weighted by Gasteiger charge is 2.06. The Bertz CT molecular complexity index is 501. The average molecular weight is 281 g/mol. The summed E-state index contributed by atoms with van der Waals surface area (Å²) < 4.78 is 5.98. The molecule has 2 rings (SSSR count). The molecule has 0 aliphatic rings. The van der Waals surface area contributed by atoms with Gasteiger partial charge in [0.25, 0.3) is 0 Å². The van der Waals surface area contributed by atoms with E-state index in [2.05, 4.69) is 36.3 Å². The summed E-state index contributed by atoms with van der Waals surface area (Å²) in [6.45, 7) is 1.74. The highest BCUT2D eigenvalue weighted by molar-refractivity contribution is 9.10. The van der Waals surface area contributed by atoms with Crippen LogP contribution in [0.4, 0.5) is 0 Å². The van der Waals surface area contributed by atoms with Gasteiger partial charge in [-0.3, -0.25) is 0 Å². The Labute approximate surface area is 101 Å². The molecule has 0 saturated carbocycles. The average Bonchev–Trinajstić information content (AvgIpc) is 2.30. The monoisotopic (exact) mass is 280 g/mol. The van der Waals surface area contributed by atoms with E-state index in [-0.39, 0.29) is 0 Å². The topological polar surface area (TPSA) is 60.8 Å². The quantitative estimate of drug-likeness (QED) is 0.842. The first kappa shape index (κ1) is 10.9. The van der Waals surface area contributed by atoms with Gasteiger partial charge in [0.05, 0.1) is 11.6 Å². The Kier molecular flexibility index (Phi) is 3.09. The number of nitrogens with zero attached hydrogens (tertiary/aromatic N) is 4. The van der Waals surface area contributed by atoms with Crippen LogP contribution in [0.5, 0.6) is 5.75 Å². The van der Waals surface area contributed by atoms with Gasteiger partial charge >= 0.3 is 0 Å². The summed E-state index contributed by atoms with van der Waals surface area (Å²) in [5.41, 5.74) is 0.840. The van der Waals surface area contributed by atoms with Crippen molar-refractivity contribution >= 4 is 15.9 Å². The lowest BCUT2D eigenvalue weighted by atomic mass is 10.2. The van der Waals surface area contributed by atoms with Gasteiger partial charge in [0.15, 0.2) is 5.82 Å². The Morgan fingerprint density at radius 1 is 1.12 bits per heavy atom. The number of aryl methyl sites for hydroxylation is 1. The fraction of sp³-hybridized carbons (Fsp3) is 0.200. The van der Waals surface area contributed by atoms with Gasteiger partial charge in [0, 0.05) is 5.56 Å². The van der Waals surface area contributed by atoms with Crippen molar-refractivity contribution in [1.82, 2.24) is 20.4 Å². The van der Waals surface area contributed by atoms with Crippen molar-refractivity contribution in [2.24, 2.45) is 0 Å². The van der Waals surface area contributed by atoms with Gasteiger partial charge in [-0.2, -0.15) is 0 Å². The lowest BCUT2D eigenvalue weighted by Gasteiger charge is -2.04. The Balaban J connectivity index is 2.41. The van der Waals surface area contributed by atoms with Gasteiger partial charge in [0.2, 0.25) is 5.82 Å². The molecule has 0 radical (unpaired) electrons. The van der Waals surface area contributed by atoms with Gasteiger partial charge < -0.3 is 4.74 Å². The first-order valence-electron chi connectivity index (χ1n) is 4.58. The summed E-state index contributed by atoms with van der Waals surface area (Å²) in [5.74, 6) is 1.81. The van der Waals surface area contributed by atoms with Crippen LogP contribution in [0.15, 0.2) is 22.7 Å². The molecule has 5 nitrogen and oxygen atoms in total. The molecule has 0 atom stereocenters. The van der Waals surface area contributed by atoms with Gasteiger partial charge in [-0.15, -0.1) is 20.4 Å². The van der Waals surface area contributed by atoms with Gasteiger partial charge in [-0.1, -0.05) is 0 Å². The van der Waals surface area contributed by atoms with Gasteiger partial charge in [0.1, 0.15) is 5.75 Å². The standard InChI is InChI=1S/C10H9BrN4O/c1-6-12-14-10(15-13-6)7-3-4-9(16-2)8(11)5-7/h3-5H,1-2H3. The van der Waals surface area contributed by atoms with E-state index in [1.54, 1.807) is 14.0 Å². The lowest BCUT2D eigenvalue weighted by molar-refractivity contribution is 0.412. The molecule has 0 unspecified atom stereocenters. The van der Waals surface area contributed by atoms with Crippen molar-refractivity contribution < 1.29 is 4.74 Å². The van der Waals surface area contributed by atoms with E-state index < -0.39 is 0 Å². The number of ether oxygens (including phenoxy) is 1. The third-order valence-electron chi connectivity index (χ3n) is 1.99. The van der Waals surface area contributed by atoms with Crippen LogP contribution >= 0.6 is 15.9 Å². The van der Waals surface area contributed by atoms with Crippen molar-refractivity contribution in [3.8, 4) is 17.1 Å². The van der Waals surface area contributed by atoms with E-state index in [1.807, 2.05) is 18.2 Å². The molecule has 0 aliphatic carbocycles. The zero-order valence-electron chi connectivity index (χ0n) is 8.81. The maximum atomic E-state index is 5.14. The normalized spacial score (nSPS) is 10.2. The van der Waals surface area contributed by atoms with Crippen molar-refractivity contribution in [2.75, 3.05) is 7.11 Å². The van der Waals surface area contributed by atoms with Crippen molar-refractivity contribution in [1.29, 1.82) is 0 Å². The second-order valence-corrected chi connectivity index (χ2v) is 3.97. The van der Waals surface area contributed by atoms with E-state index in [1.165, 1.54) is 0 Å². The summed E-state index contributed by atoms with van der Waals surface area (Å²) in [6, 6.07) is 5.56. The molecule has 1 heterocycles. The predicted molar refractivity (Wildman–Crippen MR) is 62.0 cm³/mol. The highest BCUT2D eigenvalue weighted by atomic mass is 79.9. The van der Waals surface area contributed by atoms with E-state index in [0.717, 1.165) is 15.8 Å². The number of methoxy groups -OCH3 is 1. The summed E-state index contributed by atoms with van der Waals surface area (Å²) in [7, 11) is 1.62. The van der Waals surface area contributed by atoms with Crippen molar-refractivity contribution in [2.45, 2.75) is 6.92 Å². The van der Waals surface area contributed by atoms with Crippen LogP contribution in [0.1, 0.15) is 5.82 Å². The number of aromatic nitrogens is 4. The van der Waals surface area contributed by atoms with E-state index >= 15 is 0 Å². The van der Waals surface area contributed by atoms with Crippen molar-refractivity contribution in [3.63, 3.8) is 0 Å². The zero-order chi connectivity index (χ0) is 11.5. The fourth-order valence-corrected chi connectivity index (χ4v) is 1.74. The SMILES string of the molecule is COc1ccc(-c2nnc(C)nn2)cc1Br. The summed E-state index contributed by atoms with van der Waals surface area (Å²) in [6.07, 6.45) is 0. The van der Waals surface area contributed by atoms with Crippen LogP contribution in [0.25, 0.3) is 11.4 Å². The molecule has 2 aromatic rings. The smallest absolute Gasteiger partial charge is 0.203 e. The van der Waals surface area contributed by atoms with Crippen molar-refractivity contribution in [3.05, 3.63) is 28.5 Å². The maximum Gasteiger partial charge on any atom is 0.203 e. The first-order valence-corrected chi connectivity index (χ1v) is 5.38. The molecule has 0 N–H and O–H groups in total. The first-order chi connectivity index (χ1) is 7.70. The van der Waals surface area contributed by atoms with Crippen LogP contribution in [-0.2, 0) is 0 Å². The third kappa shape index (κ3) is 2.16. The number of hydrogen-bond acceptors (Lipinski definition) is 5. The van der Waals surface area contributed by atoms with Gasteiger partial charge in [-0.25, -0.2) is 0 Å². The summed E-state index contributed by atoms with van der Waals surface area (Å²) in [4.78, 5) is 0. The van der Waals surface area contributed by atoms with E-state index in [0.29, 0.717) is 11.6 Å². The Morgan fingerprint density at radius 2 is 1.81 bits per heavy atom. The number of halogens is 1. The predicted octanol–water partition coefficient (Wildman–Crippen LogP) is 2.01. The van der Waals surface area contributed by atoms with Crippen LogP contribution in [0.3, 0.4) is 0 Å². The number of rotatable bonds is 2. The highest BCUT2D eigenvalue weighted by Crippen LogP contribution is 2.28. The molecule has 0 saturated heterocycles. The zero-order valence-corrected chi connectivity index (χ0v) is 10.4. The Hall–Kier alpha value is -1.56. The molecule has 1 aromatic carbocycles. The second-order valence-electron chi connectivity index (χ2n) is 3.12. The molecule has 0 bridgehead atoms. The Morgan fingerprint density at radius 3 is 2.38 bits per heavy atom. The molecule has 0 amide bonds. The number of hydrogen-bond donors (Lipinski definition) is 0. The fourth-order valence-electron chi connectivity index (χ4n) is 1.20. The van der Waals surface area contributed by atoms with Gasteiger partial charge in [-0.05, 0) is 41.1 Å². The minimum atomic E-state index is 0.494. The summed E-state index contributed by atoms with van der Waals surface area (Å²) in [5, 5.41) is 15.6. The van der Waals surface area contributed by atoms with E-state index in [9.17, 15) is 0 Å². The molecule has 0 aliphatic heterocycles. The molecule has 0 spiro atoms. The van der Waals surface area contributed by atoms with Crippen LogP contribution in [-0.4, -0.2) is 27.5 Å². The largest absolute Gasteiger partial charge is 0.496 e. The molecular weight excluding hydrogens is 272 g/mol. The van der Waals surface area contributed by atoms with Crippen LogP contribution in [0.2, 0.25) is 0 Å².